The van der Waals surface area contributed by atoms with Gasteiger partial charge in [0, 0.05) is 32.0 Å². The first-order valence-electron chi connectivity index (χ1n) is 5.66. The van der Waals surface area contributed by atoms with E-state index in [-0.39, 0.29) is 0 Å². The van der Waals surface area contributed by atoms with Crippen molar-refractivity contribution in [2.45, 2.75) is 25.8 Å². The summed E-state index contributed by atoms with van der Waals surface area (Å²) in [5.74, 6) is 1.69. The van der Waals surface area contributed by atoms with Crippen LogP contribution in [-0.2, 0) is 7.05 Å². The summed E-state index contributed by atoms with van der Waals surface area (Å²) in [6.07, 6.45) is 6.32. The molecular weight excluding hydrogens is 188 g/mol. The third-order valence-electron chi connectivity index (χ3n) is 3.37. The van der Waals surface area contributed by atoms with Crippen LogP contribution in [0.3, 0.4) is 0 Å². The maximum Gasteiger partial charge on any atom is 0.205 e. The first-order chi connectivity index (χ1) is 7.22. The van der Waals surface area contributed by atoms with Gasteiger partial charge in [0.25, 0.3) is 0 Å². The lowest BCUT2D eigenvalue weighted by Gasteiger charge is -2.38. The molecule has 0 radical (unpaired) electrons. The first kappa shape index (κ1) is 10.5. The lowest BCUT2D eigenvalue weighted by atomic mass is 9.94. The SMILES string of the molecule is CC1CCC(CN)CN1c1nccn1C. The molecule has 0 saturated carbocycles. The van der Waals surface area contributed by atoms with Crippen LogP contribution in [0.15, 0.2) is 12.4 Å². The van der Waals surface area contributed by atoms with Crippen molar-refractivity contribution in [2.24, 2.45) is 18.7 Å². The third-order valence-corrected chi connectivity index (χ3v) is 3.37. The fraction of sp³-hybridized carbons (Fsp3) is 0.727. The molecule has 1 aromatic rings. The molecule has 0 spiro atoms. The highest BCUT2D eigenvalue weighted by Gasteiger charge is 2.26. The van der Waals surface area contributed by atoms with Crippen LogP contribution in [0.1, 0.15) is 19.8 Å². The summed E-state index contributed by atoms with van der Waals surface area (Å²) >= 11 is 0. The van der Waals surface area contributed by atoms with E-state index >= 15 is 0 Å². The van der Waals surface area contributed by atoms with Crippen LogP contribution in [0.5, 0.6) is 0 Å². The summed E-state index contributed by atoms with van der Waals surface area (Å²) in [6.45, 7) is 4.09. The van der Waals surface area contributed by atoms with Gasteiger partial charge in [-0.2, -0.15) is 0 Å². The Morgan fingerprint density at radius 1 is 1.53 bits per heavy atom. The molecule has 0 aliphatic carbocycles. The van der Waals surface area contributed by atoms with Crippen LogP contribution in [0.25, 0.3) is 0 Å². The zero-order valence-electron chi connectivity index (χ0n) is 9.56. The molecule has 1 aromatic heterocycles. The second-order valence-corrected chi connectivity index (χ2v) is 4.52. The number of nitrogens with two attached hydrogens (primary N) is 1. The van der Waals surface area contributed by atoms with E-state index < -0.39 is 0 Å². The van der Waals surface area contributed by atoms with E-state index in [1.807, 2.05) is 19.4 Å². The molecule has 0 aromatic carbocycles. The van der Waals surface area contributed by atoms with Crippen LogP contribution in [-0.4, -0.2) is 28.7 Å². The standard InChI is InChI=1S/C11H20N4/c1-9-3-4-10(7-12)8-15(9)11-13-5-6-14(11)2/h5-6,9-10H,3-4,7-8,12H2,1-2H3. The number of aromatic nitrogens is 2. The zero-order valence-corrected chi connectivity index (χ0v) is 9.56. The second-order valence-electron chi connectivity index (χ2n) is 4.52. The minimum atomic E-state index is 0.578. The smallest absolute Gasteiger partial charge is 0.205 e. The van der Waals surface area contributed by atoms with Crippen molar-refractivity contribution in [3.05, 3.63) is 12.4 Å². The van der Waals surface area contributed by atoms with Crippen molar-refractivity contribution >= 4 is 5.95 Å². The Hall–Kier alpha value is -1.03. The number of piperidine rings is 1. The van der Waals surface area contributed by atoms with Crippen LogP contribution in [0.2, 0.25) is 0 Å². The van der Waals surface area contributed by atoms with E-state index in [0.29, 0.717) is 12.0 Å². The second kappa shape index (κ2) is 4.23. The molecule has 4 nitrogen and oxygen atoms in total. The molecule has 2 unspecified atom stereocenters. The number of anilines is 1. The average molecular weight is 208 g/mol. The molecule has 0 bridgehead atoms. The molecule has 0 amide bonds. The number of hydrogen-bond donors (Lipinski definition) is 1. The lowest BCUT2D eigenvalue weighted by molar-refractivity contribution is 0.368. The van der Waals surface area contributed by atoms with Gasteiger partial charge in [-0.3, -0.25) is 0 Å². The molecule has 2 atom stereocenters. The lowest BCUT2D eigenvalue weighted by Crippen LogP contribution is -2.45. The predicted octanol–water partition coefficient (Wildman–Crippen LogP) is 0.984. The largest absolute Gasteiger partial charge is 0.339 e. The van der Waals surface area contributed by atoms with Crippen molar-refractivity contribution in [1.29, 1.82) is 0 Å². The Morgan fingerprint density at radius 3 is 2.93 bits per heavy atom. The molecule has 2 heterocycles. The maximum atomic E-state index is 5.75. The van der Waals surface area contributed by atoms with E-state index in [2.05, 4.69) is 21.4 Å². The van der Waals surface area contributed by atoms with E-state index in [0.717, 1.165) is 19.0 Å². The van der Waals surface area contributed by atoms with E-state index in [1.165, 1.54) is 12.8 Å². The van der Waals surface area contributed by atoms with Crippen LogP contribution < -0.4 is 10.6 Å². The van der Waals surface area contributed by atoms with Crippen molar-refractivity contribution in [3.8, 4) is 0 Å². The minimum absolute atomic E-state index is 0.578. The van der Waals surface area contributed by atoms with Gasteiger partial charge < -0.3 is 15.2 Å². The average Bonchev–Trinajstić information content (AvgIpc) is 2.65. The first-order valence-corrected chi connectivity index (χ1v) is 5.66. The third kappa shape index (κ3) is 2.00. The van der Waals surface area contributed by atoms with Gasteiger partial charge in [0.1, 0.15) is 0 Å². The molecular formula is C11H20N4. The van der Waals surface area contributed by atoms with Gasteiger partial charge in [0.05, 0.1) is 0 Å². The summed E-state index contributed by atoms with van der Waals surface area (Å²) in [5.41, 5.74) is 5.75. The Labute approximate surface area is 91.1 Å². The summed E-state index contributed by atoms with van der Waals surface area (Å²) in [4.78, 5) is 6.78. The molecule has 1 fully saturated rings. The van der Waals surface area contributed by atoms with Gasteiger partial charge >= 0.3 is 0 Å². The van der Waals surface area contributed by atoms with Gasteiger partial charge in [-0.1, -0.05) is 0 Å². The fourth-order valence-corrected chi connectivity index (χ4v) is 2.29. The van der Waals surface area contributed by atoms with Gasteiger partial charge in [-0.15, -0.1) is 0 Å². The highest BCUT2D eigenvalue weighted by molar-refractivity contribution is 5.33. The summed E-state index contributed by atoms with van der Waals surface area (Å²) < 4.78 is 2.08. The van der Waals surface area contributed by atoms with Gasteiger partial charge in [0.2, 0.25) is 5.95 Å². The molecule has 1 aliphatic rings. The fourth-order valence-electron chi connectivity index (χ4n) is 2.29. The molecule has 1 saturated heterocycles. The van der Waals surface area contributed by atoms with Gasteiger partial charge in [0.15, 0.2) is 0 Å². The minimum Gasteiger partial charge on any atom is -0.339 e. The van der Waals surface area contributed by atoms with Crippen LogP contribution in [0, 0.1) is 5.92 Å². The van der Waals surface area contributed by atoms with E-state index in [4.69, 9.17) is 5.73 Å². The van der Waals surface area contributed by atoms with Gasteiger partial charge in [-0.25, -0.2) is 4.98 Å². The Balaban J connectivity index is 2.16. The number of aryl methyl sites for hydroxylation is 1. The normalized spacial score (nSPS) is 27.0. The maximum absolute atomic E-state index is 5.75. The Morgan fingerprint density at radius 2 is 2.33 bits per heavy atom. The molecule has 15 heavy (non-hydrogen) atoms. The van der Waals surface area contributed by atoms with Crippen LogP contribution in [0.4, 0.5) is 5.95 Å². The summed E-state index contributed by atoms with van der Waals surface area (Å²) in [7, 11) is 2.04. The monoisotopic (exact) mass is 208 g/mol. The Bertz CT molecular complexity index is 320. The molecule has 1 aliphatic heterocycles. The van der Waals surface area contributed by atoms with E-state index in [9.17, 15) is 0 Å². The topological polar surface area (TPSA) is 47.1 Å². The van der Waals surface area contributed by atoms with Crippen molar-refractivity contribution in [2.75, 3.05) is 18.0 Å². The number of imidazole rings is 1. The van der Waals surface area contributed by atoms with Crippen molar-refractivity contribution in [3.63, 3.8) is 0 Å². The quantitative estimate of drug-likeness (QED) is 0.788. The summed E-state index contributed by atoms with van der Waals surface area (Å²) in [5, 5.41) is 0. The Kier molecular flexibility index (Phi) is 2.95. The molecule has 84 valence electrons. The summed E-state index contributed by atoms with van der Waals surface area (Å²) in [6, 6.07) is 0.578. The van der Waals surface area contributed by atoms with Crippen LogP contribution >= 0.6 is 0 Å². The number of nitrogens with zero attached hydrogens (tertiary/aromatic N) is 3. The number of rotatable bonds is 2. The predicted molar refractivity (Wildman–Crippen MR) is 61.8 cm³/mol. The highest BCUT2D eigenvalue weighted by Crippen LogP contribution is 2.25. The zero-order chi connectivity index (χ0) is 10.8. The molecule has 2 N–H and O–H groups in total. The number of hydrogen-bond acceptors (Lipinski definition) is 3. The van der Waals surface area contributed by atoms with E-state index in [1.54, 1.807) is 0 Å². The highest BCUT2D eigenvalue weighted by atomic mass is 15.3. The van der Waals surface area contributed by atoms with Crippen molar-refractivity contribution in [1.82, 2.24) is 9.55 Å². The van der Waals surface area contributed by atoms with Gasteiger partial charge in [-0.05, 0) is 32.2 Å². The molecule has 4 heteroatoms. The van der Waals surface area contributed by atoms with Crippen molar-refractivity contribution < 1.29 is 0 Å². The molecule has 2 rings (SSSR count).